The molecule has 2 heterocycles. The van der Waals surface area contributed by atoms with Gasteiger partial charge in [-0.05, 0) is 62.9 Å². The Labute approximate surface area is 187 Å². The first-order chi connectivity index (χ1) is 13.2. The van der Waals surface area contributed by atoms with Gasteiger partial charge >= 0.3 is 0 Å². The molecule has 6 heteroatoms. The van der Waals surface area contributed by atoms with Crippen LogP contribution in [0.4, 0.5) is 0 Å². The van der Waals surface area contributed by atoms with E-state index in [0.29, 0.717) is 0 Å². The molecule has 0 amide bonds. The van der Waals surface area contributed by atoms with E-state index in [1.807, 2.05) is 7.05 Å². The Hall–Kier alpha value is -0.860. The van der Waals surface area contributed by atoms with Crippen molar-refractivity contribution < 1.29 is 4.74 Å². The van der Waals surface area contributed by atoms with E-state index >= 15 is 0 Å². The van der Waals surface area contributed by atoms with Crippen molar-refractivity contribution in [3.63, 3.8) is 0 Å². The van der Waals surface area contributed by atoms with E-state index < -0.39 is 0 Å². The minimum absolute atomic E-state index is 0. The fourth-order valence-electron chi connectivity index (χ4n) is 4.28. The van der Waals surface area contributed by atoms with Crippen molar-refractivity contribution >= 4 is 29.9 Å². The molecule has 0 aliphatic carbocycles. The van der Waals surface area contributed by atoms with Crippen LogP contribution in [0, 0.1) is 12.8 Å². The van der Waals surface area contributed by atoms with Gasteiger partial charge in [-0.3, -0.25) is 4.99 Å². The maximum Gasteiger partial charge on any atom is 0.193 e. The summed E-state index contributed by atoms with van der Waals surface area (Å²) in [6, 6.07) is 8.54. The first-order valence-corrected chi connectivity index (χ1v) is 10.6. The Morgan fingerprint density at radius 2 is 1.96 bits per heavy atom. The quantitative estimate of drug-likeness (QED) is 0.381. The van der Waals surface area contributed by atoms with Gasteiger partial charge in [-0.25, -0.2) is 0 Å². The van der Waals surface area contributed by atoms with Gasteiger partial charge in [-0.1, -0.05) is 31.2 Å². The SMILES string of the molecule is CCCN1CCC(CNC(=NC)N2CCOC(c3ccccc3C)C2)CC1.I. The topological polar surface area (TPSA) is 40.1 Å². The maximum absolute atomic E-state index is 6.07. The largest absolute Gasteiger partial charge is 0.370 e. The third-order valence-corrected chi connectivity index (χ3v) is 5.91. The number of hydrogen-bond acceptors (Lipinski definition) is 3. The highest BCUT2D eigenvalue weighted by molar-refractivity contribution is 14.0. The second-order valence-corrected chi connectivity index (χ2v) is 7.88. The molecule has 2 fully saturated rings. The summed E-state index contributed by atoms with van der Waals surface area (Å²) in [7, 11) is 1.89. The summed E-state index contributed by atoms with van der Waals surface area (Å²) in [6.07, 6.45) is 3.96. The summed E-state index contributed by atoms with van der Waals surface area (Å²) in [5, 5.41) is 3.64. The Morgan fingerprint density at radius 1 is 1.21 bits per heavy atom. The van der Waals surface area contributed by atoms with E-state index in [0.717, 1.165) is 38.1 Å². The Kier molecular flexibility index (Phi) is 10.0. The number of nitrogens with zero attached hydrogens (tertiary/aromatic N) is 3. The highest BCUT2D eigenvalue weighted by atomic mass is 127. The van der Waals surface area contributed by atoms with E-state index in [2.05, 4.69) is 58.2 Å². The zero-order valence-corrected chi connectivity index (χ0v) is 20.0. The molecule has 0 spiro atoms. The molecule has 5 nitrogen and oxygen atoms in total. The molecule has 2 aliphatic rings. The van der Waals surface area contributed by atoms with E-state index in [1.165, 1.54) is 50.0 Å². The third kappa shape index (κ3) is 6.32. The van der Waals surface area contributed by atoms with Crippen molar-refractivity contribution in [1.82, 2.24) is 15.1 Å². The number of hydrogen-bond donors (Lipinski definition) is 1. The van der Waals surface area contributed by atoms with E-state index in [4.69, 9.17) is 4.74 Å². The van der Waals surface area contributed by atoms with Crippen LogP contribution < -0.4 is 5.32 Å². The molecule has 3 rings (SSSR count). The van der Waals surface area contributed by atoms with Crippen LogP contribution in [0.15, 0.2) is 29.3 Å². The first-order valence-electron chi connectivity index (χ1n) is 10.6. The lowest BCUT2D eigenvalue weighted by atomic mass is 9.97. The molecule has 1 aromatic rings. The molecule has 2 aliphatic heterocycles. The molecule has 0 saturated carbocycles. The second-order valence-electron chi connectivity index (χ2n) is 7.88. The summed E-state index contributed by atoms with van der Waals surface area (Å²) in [4.78, 5) is 9.51. The predicted octanol–water partition coefficient (Wildman–Crippen LogP) is 3.68. The molecule has 28 heavy (non-hydrogen) atoms. The molecule has 1 aromatic carbocycles. The minimum atomic E-state index is 0. The molecule has 0 aromatic heterocycles. The van der Waals surface area contributed by atoms with Gasteiger partial charge in [-0.2, -0.15) is 0 Å². The first kappa shape index (κ1) is 23.4. The number of ether oxygens (including phenoxy) is 1. The van der Waals surface area contributed by atoms with Crippen molar-refractivity contribution in [2.24, 2.45) is 10.9 Å². The summed E-state index contributed by atoms with van der Waals surface area (Å²) < 4.78 is 6.07. The van der Waals surface area contributed by atoms with Gasteiger partial charge in [0.05, 0.1) is 13.2 Å². The number of aryl methyl sites for hydroxylation is 1. The van der Waals surface area contributed by atoms with Crippen LogP contribution in [0.5, 0.6) is 0 Å². The number of rotatable bonds is 5. The molecule has 0 radical (unpaired) electrons. The summed E-state index contributed by atoms with van der Waals surface area (Å²) in [6.45, 7) is 11.7. The summed E-state index contributed by atoms with van der Waals surface area (Å²) >= 11 is 0. The average Bonchev–Trinajstić information content (AvgIpc) is 2.70. The van der Waals surface area contributed by atoms with Gasteiger partial charge in [0.25, 0.3) is 0 Å². The molecule has 158 valence electrons. The van der Waals surface area contributed by atoms with Crippen molar-refractivity contribution in [2.75, 3.05) is 52.9 Å². The Morgan fingerprint density at radius 3 is 2.64 bits per heavy atom. The van der Waals surface area contributed by atoms with E-state index in [9.17, 15) is 0 Å². The van der Waals surface area contributed by atoms with Crippen LogP contribution in [0.1, 0.15) is 43.4 Å². The highest BCUT2D eigenvalue weighted by Gasteiger charge is 2.26. The van der Waals surface area contributed by atoms with Crippen LogP contribution in [0.2, 0.25) is 0 Å². The van der Waals surface area contributed by atoms with Crippen molar-refractivity contribution in [3.8, 4) is 0 Å². The van der Waals surface area contributed by atoms with Gasteiger partial charge in [0.1, 0.15) is 6.10 Å². The zero-order valence-electron chi connectivity index (χ0n) is 17.7. The number of nitrogens with one attached hydrogen (secondary N) is 1. The molecule has 1 unspecified atom stereocenters. The lowest BCUT2D eigenvalue weighted by Gasteiger charge is -2.37. The van der Waals surface area contributed by atoms with Gasteiger partial charge in [0.2, 0.25) is 0 Å². The van der Waals surface area contributed by atoms with Crippen LogP contribution in [0.25, 0.3) is 0 Å². The van der Waals surface area contributed by atoms with Crippen molar-refractivity contribution in [1.29, 1.82) is 0 Å². The molecular weight excluding hydrogens is 463 g/mol. The Balaban J connectivity index is 0.00000280. The smallest absolute Gasteiger partial charge is 0.193 e. The van der Waals surface area contributed by atoms with Gasteiger partial charge in [0.15, 0.2) is 5.96 Å². The Bertz CT molecular complexity index is 616. The molecule has 0 bridgehead atoms. The lowest BCUT2D eigenvalue weighted by Crippen LogP contribution is -2.49. The lowest BCUT2D eigenvalue weighted by molar-refractivity contribution is -0.00841. The molecule has 1 atom stereocenters. The third-order valence-electron chi connectivity index (χ3n) is 5.91. The van der Waals surface area contributed by atoms with Crippen LogP contribution in [-0.2, 0) is 4.74 Å². The molecule has 1 N–H and O–H groups in total. The number of guanidine groups is 1. The molecule has 2 saturated heterocycles. The normalized spacial score (nSPS) is 22.0. The number of aliphatic imine (C=N–C) groups is 1. The van der Waals surface area contributed by atoms with Gasteiger partial charge in [0, 0.05) is 20.1 Å². The van der Waals surface area contributed by atoms with Gasteiger partial charge in [-0.15, -0.1) is 24.0 Å². The number of halogens is 1. The van der Waals surface area contributed by atoms with Crippen molar-refractivity contribution in [2.45, 2.75) is 39.2 Å². The van der Waals surface area contributed by atoms with E-state index in [-0.39, 0.29) is 30.1 Å². The minimum Gasteiger partial charge on any atom is -0.370 e. The number of likely N-dealkylation sites (tertiary alicyclic amines) is 1. The predicted molar refractivity (Wildman–Crippen MR) is 128 cm³/mol. The fraction of sp³-hybridized carbons (Fsp3) is 0.682. The van der Waals surface area contributed by atoms with E-state index in [1.54, 1.807) is 0 Å². The van der Waals surface area contributed by atoms with Gasteiger partial charge < -0.3 is 19.9 Å². The van der Waals surface area contributed by atoms with Crippen molar-refractivity contribution in [3.05, 3.63) is 35.4 Å². The number of piperidine rings is 1. The van der Waals surface area contributed by atoms with Crippen LogP contribution in [0.3, 0.4) is 0 Å². The highest BCUT2D eigenvalue weighted by Crippen LogP contribution is 2.25. The van der Waals surface area contributed by atoms with Crippen LogP contribution in [-0.4, -0.2) is 68.7 Å². The molecular formula is C22H37IN4O. The second kappa shape index (κ2) is 12.0. The maximum atomic E-state index is 6.07. The summed E-state index contributed by atoms with van der Waals surface area (Å²) in [5.74, 6) is 1.77. The zero-order chi connectivity index (χ0) is 19.1. The van der Waals surface area contributed by atoms with Crippen LogP contribution >= 0.6 is 24.0 Å². The summed E-state index contributed by atoms with van der Waals surface area (Å²) in [5.41, 5.74) is 2.59. The monoisotopic (exact) mass is 500 g/mol. The number of benzene rings is 1. The average molecular weight is 500 g/mol. The fourth-order valence-corrected chi connectivity index (χ4v) is 4.28. The number of morpholine rings is 1. The standard InChI is InChI=1S/C22H36N4O.HI/c1-4-11-25-12-9-19(10-13-25)16-24-22(23-3)26-14-15-27-21(17-26)20-8-6-5-7-18(20)2;/h5-8,19,21H,4,9-17H2,1-3H3,(H,23,24);1H.